The zero-order chi connectivity index (χ0) is 31.9. The summed E-state index contributed by atoms with van der Waals surface area (Å²) in [5.74, 6) is -2.42. The van der Waals surface area contributed by atoms with Gasteiger partial charge >= 0.3 is 12.1 Å². The van der Waals surface area contributed by atoms with E-state index in [1.165, 1.54) is 47.0 Å². The molecule has 0 radical (unpaired) electrons. The lowest BCUT2D eigenvalue weighted by Gasteiger charge is -2.25. The van der Waals surface area contributed by atoms with E-state index in [2.05, 4.69) is 9.97 Å². The third-order valence-corrected chi connectivity index (χ3v) is 7.98. The molecular weight excluding hydrogens is 584 g/mol. The number of carbonyl (C=O) groups is 3. The highest BCUT2D eigenvalue weighted by molar-refractivity contribution is 7.89. The Balaban J connectivity index is 1.64. The maximum atomic E-state index is 13.8. The summed E-state index contributed by atoms with van der Waals surface area (Å²) >= 11 is 0. The van der Waals surface area contributed by atoms with Crippen LogP contribution in [-0.2, 0) is 32.6 Å². The minimum absolute atomic E-state index is 0.0187. The van der Waals surface area contributed by atoms with Gasteiger partial charge in [0.05, 0.1) is 12.2 Å². The lowest BCUT2D eigenvalue weighted by Crippen LogP contribution is -2.44. The molecule has 228 valence electrons. The number of hydrogen-bond donors (Lipinski definition) is 1. The molecule has 0 aliphatic carbocycles. The smallest absolute Gasteiger partial charge is 0.417 e. The molecule has 2 aromatic carbocycles. The van der Waals surface area contributed by atoms with Crippen LogP contribution >= 0.6 is 0 Å². The van der Waals surface area contributed by atoms with Crippen LogP contribution in [0, 0.1) is 0 Å². The molecule has 0 saturated carbocycles. The summed E-state index contributed by atoms with van der Waals surface area (Å²) in [5.41, 5.74) is 1.67. The SMILES string of the molecule is CC(C)(C)OC(=O)N(CC(=O)O)C(=O)c1cccc(CN(Cc2ccc(-c3ccccc3)cc2)S(=O)(=O)c2cccnc2)n1. The van der Waals surface area contributed by atoms with E-state index < -0.39 is 40.1 Å². The first-order chi connectivity index (χ1) is 20.8. The zero-order valence-electron chi connectivity index (χ0n) is 24.5. The molecule has 2 amide bonds. The van der Waals surface area contributed by atoms with Crippen molar-refractivity contribution in [2.75, 3.05) is 6.54 Å². The molecule has 12 heteroatoms. The Bertz CT molecular complexity index is 1720. The Morgan fingerprint density at radius 1 is 0.841 bits per heavy atom. The normalized spacial score (nSPS) is 11.6. The second-order valence-corrected chi connectivity index (χ2v) is 12.7. The molecule has 1 N–H and O–H groups in total. The quantitative estimate of drug-likeness (QED) is 0.260. The van der Waals surface area contributed by atoms with Gasteiger partial charge < -0.3 is 9.84 Å². The molecule has 11 nitrogen and oxygen atoms in total. The molecule has 0 aliphatic heterocycles. The molecule has 4 rings (SSSR count). The van der Waals surface area contributed by atoms with Crippen molar-refractivity contribution in [3.05, 3.63) is 114 Å². The monoisotopic (exact) mass is 616 g/mol. The van der Waals surface area contributed by atoms with E-state index in [0.29, 0.717) is 10.5 Å². The standard InChI is InChI=1S/C32H32N4O7S/c1-32(2,3)43-31(40)36(22-29(37)38)30(39)28-13-7-11-26(34-28)21-35(44(41,42)27-12-8-18-33-19-27)20-23-14-16-25(17-15-23)24-9-5-4-6-10-24/h4-19H,20-22H2,1-3H3,(H,37,38). The lowest BCUT2D eigenvalue weighted by atomic mass is 10.0. The zero-order valence-corrected chi connectivity index (χ0v) is 25.3. The van der Waals surface area contributed by atoms with Crippen molar-refractivity contribution < 1.29 is 32.6 Å². The first kappa shape index (κ1) is 32.0. The van der Waals surface area contributed by atoms with Crippen LogP contribution < -0.4 is 0 Å². The highest BCUT2D eigenvalue weighted by Crippen LogP contribution is 2.24. The van der Waals surface area contributed by atoms with Crippen molar-refractivity contribution in [2.45, 2.75) is 44.4 Å². The number of pyridine rings is 2. The van der Waals surface area contributed by atoms with Crippen molar-refractivity contribution in [3.8, 4) is 11.1 Å². The van der Waals surface area contributed by atoms with Crippen LogP contribution in [0.25, 0.3) is 11.1 Å². The van der Waals surface area contributed by atoms with Gasteiger partial charge in [0.2, 0.25) is 10.0 Å². The van der Waals surface area contributed by atoms with Crippen molar-refractivity contribution in [1.29, 1.82) is 0 Å². The van der Waals surface area contributed by atoms with Crippen LogP contribution in [0.4, 0.5) is 4.79 Å². The molecule has 0 atom stereocenters. The number of ether oxygens (including phenoxy) is 1. The number of aliphatic carboxylic acids is 1. The van der Waals surface area contributed by atoms with Crippen LogP contribution in [0.5, 0.6) is 0 Å². The molecule has 2 aromatic heterocycles. The summed E-state index contributed by atoms with van der Waals surface area (Å²) < 4.78 is 33.9. The summed E-state index contributed by atoms with van der Waals surface area (Å²) in [6.07, 6.45) is 1.58. The molecule has 0 aliphatic rings. The van der Waals surface area contributed by atoms with E-state index in [1.807, 2.05) is 54.6 Å². The van der Waals surface area contributed by atoms with Gasteiger partial charge in [0.15, 0.2) is 0 Å². The Morgan fingerprint density at radius 3 is 2.14 bits per heavy atom. The summed E-state index contributed by atoms with van der Waals surface area (Å²) in [4.78, 5) is 46.1. The van der Waals surface area contributed by atoms with E-state index in [0.717, 1.165) is 11.1 Å². The molecule has 0 spiro atoms. The van der Waals surface area contributed by atoms with E-state index in [9.17, 15) is 27.9 Å². The maximum absolute atomic E-state index is 13.8. The second kappa shape index (κ2) is 13.6. The first-order valence-electron chi connectivity index (χ1n) is 13.6. The minimum Gasteiger partial charge on any atom is -0.480 e. The van der Waals surface area contributed by atoms with Gasteiger partial charge in [-0.1, -0.05) is 60.7 Å². The van der Waals surface area contributed by atoms with E-state index in [4.69, 9.17) is 4.74 Å². The summed E-state index contributed by atoms with van der Waals surface area (Å²) in [5, 5.41) is 9.32. The van der Waals surface area contributed by atoms with Gasteiger partial charge in [-0.2, -0.15) is 4.31 Å². The van der Waals surface area contributed by atoms with Crippen molar-refractivity contribution in [1.82, 2.24) is 19.2 Å². The molecule has 0 bridgehead atoms. The highest BCUT2D eigenvalue weighted by Gasteiger charge is 2.31. The summed E-state index contributed by atoms with van der Waals surface area (Å²) in [6.45, 7) is 3.55. The Labute approximate surface area is 255 Å². The molecule has 0 unspecified atom stereocenters. The fourth-order valence-electron chi connectivity index (χ4n) is 4.19. The third kappa shape index (κ3) is 8.33. The number of rotatable bonds is 10. The van der Waals surface area contributed by atoms with Gasteiger partial charge in [0, 0.05) is 18.9 Å². The first-order valence-corrected chi connectivity index (χ1v) is 15.0. The number of hydrogen-bond acceptors (Lipinski definition) is 8. The topological polar surface area (TPSA) is 147 Å². The molecule has 2 heterocycles. The molecule has 0 fully saturated rings. The van der Waals surface area contributed by atoms with E-state index in [-0.39, 0.29) is 29.4 Å². The second-order valence-electron chi connectivity index (χ2n) is 10.8. The van der Waals surface area contributed by atoms with Crippen molar-refractivity contribution in [2.24, 2.45) is 0 Å². The number of imide groups is 1. The van der Waals surface area contributed by atoms with Gasteiger partial charge in [0.25, 0.3) is 5.91 Å². The Kier molecular flexibility index (Phi) is 9.87. The maximum Gasteiger partial charge on any atom is 0.417 e. The fourth-order valence-corrected chi connectivity index (χ4v) is 5.55. The van der Waals surface area contributed by atoms with Crippen LogP contribution in [0.1, 0.15) is 42.5 Å². The lowest BCUT2D eigenvalue weighted by molar-refractivity contribution is -0.137. The van der Waals surface area contributed by atoms with Crippen LogP contribution in [0.2, 0.25) is 0 Å². The molecule has 4 aromatic rings. The number of carbonyl (C=O) groups excluding carboxylic acids is 2. The van der Waals surface area contributed by atoms with Gasteiger partial charge in [-0.25, -0.2) is 23.1 Å². The van der Waals surface area contributed by atoms with Gasteiger partial charge in [0.1, 0.15) is 22.7 Å². The van der Waals surface area contributed by atoms with Crippen molar-refractivity contribution in [3.63, 3.8) is 0 Å². The predicted molar refractivity (Wildman–Crippen MR) is 162 cm³/mol. The Morgan fingerprint density at radius 2 is 1.52 bits per heavy atom. The van der Waals surface area contributed by atoms with Crippen LogP contribution in [-0.4, -0.2) is 62.8 Å². The molecule has 0 saturated heterocycles. The number of carboxylic acids is 1. The summed E-state index contributed by atoms with van der Waals surface area (Å²) in [7, 11) is -4.08. The molecule has 44 heavy (non-hydrogen) atoms. The van der Waals surface area contributed by atoms with Gasteiger partial charge in [-0.05, 0) is 61.7 Å². The third-order valence-electron chi connectivity index (χ3n) is 6.21. The van der Waals surface area contributed by atoms with Crippen LogP contribution in [0.15, 0.2) is 102 Å². The largest absolute Gasteiger partial charge is 0.480 e. The van der Waals surface area contributed by atoms with E-state index in [1.54, 1.807) is 20.8 Å². The number of benzene rings is 2. The van der Waals surface area contributed by atoms with Crippen molar-refractivity contribution >= 4 is 28.0 Å². The summed E-state index contributed by atoms with van der Waals surface area (Å²) in [6, 6.07) is 24.5. The van der Waals surface area contributed by atoms with Gasteiger partial charge in [-0.15, -0.1) is 0 Å². The predicted octanol–water partition coefficient (Wildman–Crippen LogP) is 5.00. The number of nitrogens with zero attached hydrogens (tertiary/aromatic N) is 4. The average molecular weight is 617 g/mol. The number of sulfonamides is 1. The van der Waals surface area contributed by atoms with Gasteiger partial charge in [-0.3, -0.25) is 14.6 Å². The fraction of sp³-hybridized carbons (Fsp3) is 0.219. The number of carboxylic acid groups (broad SMARTS) is 1. The number of aromatic nitrogens is 2. The highest BCUT2D eigenvalue weighted by atomic mass is 32.2. The Hall–Kier alpha value is -4.94. The molecular formula is C32H32N4O7S. The minimum atomic E-state index is -4.08. The van der Waals surface area contributed by atoms with Crippen LogP contribution in [0.3, 0.4) is 0 Å². The van der Waals surface area contributed by atoms with E-state index >= 15 is 0 Å². The average Bonchev–Trinajstić information content (AvgIpc) is 2.99. The number of amides is 2.